The van der Waals surface area contributed by atoms with Crippen LogP contribution in [-0.2, 0) is 0 Å². The number of nitrogens with zero attached hydrogens (tertiary/aromatic N) is 1. The van der Waals surface area contributed by atoms with E-state index in [0.29, 0.717) is 12.1 Å². The van der Waals surface area contributed by atoms with E-state index in [1.54, 1.807) is 19.3 Å². The van der Waals surface area contributed by atoms with Crippen LogP contribution in [0.2, 0.25) is 0 Å². The Morgan fingerprint density at radius 1 is 1.44 bits per heavy atom. The molecule has 1 amide bonds. The highest BCUT2D eigenvalue weighted by molar-refractivity contribution is 6.06. The van der Waals surface area contributed by atoms with Crippen LogP contribution in [-0.4, -0.2) is 24.5 Å². The molecule has 2 rings (SSSR count). The summed E-state index contributed by atoms with van der Waals surface area (Å²) in [5.74, 6) is 0.126. The molecule has 18 heavy (non-hydrogen) atoms. The number of aromatic nitrogens is 1. The van der Waals surface area contributed by atoms with Gasteiger partial charge in [0.1, 0.15) is 0 Å². The van der Waals surface area contributed by atoms with Gasteiger partial charge in [-0.3, -0.25) is 9.78 Å². The SMILES string of the molecule is CNC(=O)c1ccnc2c(C(C)CN)cccc12. The lowest BCUT2D eigenvalue weighted by molar-refractivity contribution is 0.0964. The highest BCUT2D eigenvalue weighted by Gasteiger charge is 2.13. The third-order valence-electron chi connectivity index (χ3n) is 3.16. The fraction of sp³-hybridized carbons (Fsp3) is 0.286. The van der Waals surface area contributed by atoms with E-state index in [0.717, 1.165) is 16.5 Å². The first-order chi connectivity index (χ1) is 8.69. The van der Waals surface area contributed by atoms with Crippen molar-refractivity contribution < 1.29 is 4.79 Å². The Hall–Kier alpha value is -1.94. The lowest BCUT2D eigenvalue weighted by Crippen LogP contribution is -2.18. The third kappa shape index (κ3) is 2.07. The van der Waals surface area contributed by atoms with Crippen molar-refractivity contribution in [3.63, 3.8) is 0 Å². The number of benzene rings is 1. The highest BCUT2D eigenvalue weighted by atomic mass is 16.1. The minimum atomic E-state index is -0.0973. The maximum absolute atomic E-state index is 11.8. The first kappa shape index (κ1) is 12.5. The molecule has 2 aromatic rings. The molecule has 1 atom stereocenters. The zero-order valence-corrected chi connectivity index (χ0v) is 10.6. The van der Waals surface area contributed by atoms with E-state index >= 15 is 0 Å². The maximum atomic E-state index is 11.8. The van der Waals surface area contributed by atoms with Crippen molar-refractivity contribution in [2.45, 2.75) is 12.8 Å². The summed E-state index contributed by atoms with van der Waals surface area (Å²) in [7, 11) is 1.63. The molecule has 0 radical (unpaired) electrons. The minimum Gasteiger partial charge on any atom is -0.355 e. The quantitative estimate of drug-likeness (QED) is 0.861. The van der Waals surface area contributed by atoms with Gasteiger partial charge in [-0.2, -0.15) is 0 Å². The standard InChI is InChI=1S/C14H17N3O/c1-9(8-15)10-4-3-5-11-12(14(18)16-2)6-7-17-13(10)11/h3-7,9H,8,15H2,1-2H3,(H,16,18). The molecular formula is C14H17N3O. The first-order valence-corrected chi connectivity index (χ1v) is 5.98. The lowest BCUT2D eigenvalue weighted by atomic mass is 9.96. The lowest BCUT2D eigenvalue weighted by Gasteiger charge is -2.13. The fourth-order valence-corrected chi connectivity index (χ4v) is 2.06. The Morgan fingerprint density at radius 3 is 2.89 bits per heavy atom. The molecule has 1 unspecified atom stereocenters. The number of para-hydroxylation sites is 1. The van der Waals surface area contributed by atoms with Crippen LogP contribution in [0.25, 0.3) is 10.9 Å². The molecule has 3 N–H and O–H groups in total. The summed E-state index contributed by atoms with van der Waals surface area (Å²) in [6.07, 6.45) is 1.67. The van der Waals surface area contributed by atoms with Gasteiger partial charge < -0.3 is 11.1 Å². The minimum absolute atomic E-state index is 0.0973. The van der Waals surface area contributed by atoms with Crippen LogP contribution in [0.4, 0.5) is 0 Å². The molecule has 1 aromatic heterocycles. The van der Waals surface area contributed by atoms with Crippen molar-refractivity contribution >= 4 is 16.8 Å². The predicted octanol–water partition coefficient (Wildman–Crippen LogP) is 1.66. The number of nitrogens with two attached hydrogens (primary N) is 1. The second-order valence-electron chi connectivity index (χ2n) is 4.32. The summed E-state index contributed by atoms with van der Waals surface area (Å²) in [6, 6.07) is 7.61. The number of carbonyl (C=O) groups excluding carboxylic acids is 1. The normalized spacial score (nSPS) is 12.4. The second kappa shape index (κ2) is 5.14. The number of hydrogen-bond acceptors (Lipinski definition) is 3. The van der Waals surface area contributed by atoms with Gasteiger partial charge in [-0.25, -0.2) is 0 Å². The van der Waals surface area contributed by atoms with Crippen LogP contribution in [0, 0.1) is 0 Å². The number of hydrogen-bond donors (Lipinski definition) is 2. The van der Waals surface area contributed by atoms with Crippen LogP contribution in [0.3, 0.4) is 0 Å². The van der Waals surface area contributed by atoms with Gasteiger partial charge in [-0.05, 0) is 24.1 Å². The number of amides is 1. The summed E-state index contributed by atoms with van der Waals surface area (Å²) < 4.78 is 0. The summed E-state index contributed by atoms with van der Waals surface area (Å²) in [6.45, 7) is 2.62. The van der Waals surface area contributed by atoms with Crippen molar-refractivity contribution in [3.05, 3.63) is 41.6 Å². The monoisotopic (exact) mass is 243 g/mol. The zero-order chi connectivity index (χ0) is 13.1. The van der Waals surface area contributed by atoms with E-state index in [9.17, 15) is 4.79 Å². The molecule has 1 aromatic carbocycles. The van der Waals surface area contributed by atoms with Crippen molar-refractivity contribution in [1.29, 1.82) is 0 Å². The van der Waals surface area contributed by atoms with E-state index in [1.165, 1.54) is 0 Å². The van der Waals surface area contributed by atoms with Crippen molar-refractivity contribution in [1.82, 2.24) is 10.3 Å². The molecule has 4 heteroatoms. The molecular weight excluding hydrogens is 226 g/mol. The first-order valence-electron chi connectivity index (χ1n) is 5.98. The maximum Gasteiger partial charge on any atom is 0.251 e. The summed E-state index contributed by atoms with van der Waals surface area (Å²) >= 11 is 0. The van der Waals surface area contributed by atoms with Crippen molar-refractivity contribution in [3.8, 4) is 0 Å². The molecule has 0 aliphatic rings. The number of pyridine rings is 1. The van der Waals surface area contributed by atoms with Crippen LogP contribution < -0.4 is 11.1 Å². The molecule has 0 aliphatic heterocycles. The number of nitrogens with one attached hydrogen (secondary N) is 1. The van der Waals surface area contributed by atoms with Crippen LogP contribution in [0.1, 0.15) is 28.8 Å². The van der Waals surface area contributed by atoms with Gasteiger partial charge in [0, 0.05) is 18.6 Å². The van der Waals surface area contributed by atoms with Crippen LogP contribution in [0.5, 0.6) is 0 Å². The molecule has 0 saturated heterocycles. The van der Waals surface area contributed by atoms with Gasteiger partial charge in [0.15, 0.2) is 0 Å². The molecule has 94 valence electrons. The summed E-state index contributed by atoms with van der Waals surface area (Å²) in [5, 5.41) is 3.51. The Kier molecular flexibility index (Phi) is 3.58. The molecule has 0 fully saturated rings. The highest BCUT2D eigenvalue weighted by Crippen LogP contribution is 2.25. The molecule has 0 spiro atoms. The zero-order valence-electron chi connectivity index (χ0n) is 10.6. The summed E-state index contributed by atoms with van der Waals surface area (Å²) in [4.78, 5) is 16.2. The van der Waals surface area contributed by atoms with Crippen LogP contribution in [0.15, 0.2) is 30.5 Å². The van der Waals surface area contributed by atoms with Crippen LogP contribution >= 0.6 is 0 Å². The van der Waals surface area contributed by atoms with E-state index in [1.807, 2.05) is 18.2 Å². The topological polar surface area (TPSA) is 68.0 Å². The van der Waals surface area contributed by atoms with E-state index in [-0.39, 0.29) is 11.8 Å². The van der Waals surface area contributed by atoms with Gasteiger partial charge in [0.2, 0.25) is 0 Å². The van der Waals surface area contributed by atoms with Gasteiger partial charge in [-0.15, -0.1) is 0 Å². The average molecular weight is 243 g/mol. The summed E-state index contributed by atoms with van der Waals surface area (Å²) in [5.41, 5.74) is 8.30. The largest absolute Gasteiger partial charge is 0.355 e. The average Bonchev–Trinajstić information content (AvgIpc) is 2.44. The Labute approximate surface area is 106 Å². The van der Waals surface area contributed by atoms with E-state index < -0.39 is 0 Å². The van der Waals surface area contributed by atoms with Gasteiger partial charge in [0.05, 0.1) is 11.1 Å². The van der Waals surface area contributed by atoms with Gasteiger partial charge >= 0.3 is 0 Å². The molecule has 0 aliphatic carbocycles. The van der Waals surface area contributed by atoms with Crippen molar-refractivity contribution in [2.24, 2.45) is 5.73 Å². The molecule has 0 saturated carbocycles. The Bertz CT molecular complexity index is 580. The molecule has 0 bridgehead atoms. The molecule has 4 nitrogen and oxygen atoms in total. The third-order valence-corrected chi connectivity index (χ3v) is 3.16. The fourth-order valence-electron chi connectivity index (χ4n) is 2.06. The van der Waals surface area contributed by atoms with Gasteiger partial charge in [-0.1, -0.05) is 25.1 Å². The number of carbonyl (C=O) groups is 1. The predicted molar refractivity (Wildman–Crippen MR) is 72.6 cm³/mol. The smallest absolute Gasteiger partial charge is 0.251 e. The van der Waals surface area contributed by atoms with E-state index in [2.05, 4.69) is 17.2 Å². The van der Waals surface area contributed by atoms with Crippen molar-refractivity contribution in [2.75, 3.05) is 13.6 Å². The number of rotatable bonds is 3. The number of fused-ring (bicyclic) bond motifs is 1. The Morgan fingerprint density at radius 2 is 2.22 bits per heavy atom. The van der Waals surface area contributed by atoms with E-state index in [4.69, 9.17) is 5.73 Å². The molecule has 1 heterocycles. The Balaban J connectivity index is 2.69. The second-order valence-corrected chi connectivity index (χ2v) is 4.32. The van der Waals surface area contributed by atoms with Gasteiger partial charge in [0.25, 0.3) is 5.91 Å².